The average Bonchev–Trinajstić information content (AvgIpc) is 2.34. The van der Waals surface area contributed by atoms with Crippen LogP contribution in [-0.2, 0) is 25.5 Å². The van der Waals surface area contributed by atoms with Crippen LogP contribution in [0.25, 0.3) is 0 Å². The van der Waals surface area contributed by atoms with E-state index < -0.39 is 17.9 Å². The van der Waals surface area contributed by atoms with E-state index in [9.17, 15) is 14.7 Å². The van der Waals surface area contributed by atoms with Crippen molar-refractivity contribution in [1.82, 2.24) is 0 Å². The van der Waals surface area contributed by atoms with Gasteiger partial charge in [0, 0.05) is 0 Å². The van der Waals surface area contributed by atoms with Gasteiger partial charge in [0.1, 0.15) is 5.75 Å². The minimum absolute atomic E-state index is 0.0484. The van der Waals surface area contributed by atoms with Crippen molar-refractivity contribution in [3.63, 3.8) is 0 Å². The first-order valence-electron chi connectivity index (χ1n) is 4.93. The Morgan fingerprint density at radius 2 is 1.94 bits per heavy atom. The average molecular weight is 237 g/mol. The van der Waals surface area contributed by atoms with Crippen molar-refractivity contribution in [2.24, 2.45) is 5.92 Å². The molecule has 0 aromatic heterocycles. The van der Waals surface area contributed by atoms with E-state index >= 15 is 0 Å². The van der Waals surface area contributed by atoms with E-state index in [1.807, 2.05) is 0 Å². The van der Waals surface area contributed by atoms with Crippen molar-refractivity contribution in [2.75, 3.05) is 14.2 Å². The molecule has 0 fully saturated rings. The van der Waals surface area contributed by atoms with E-state index in [0.717, 1.165) is 0 Å². The summed E-state index contributed by atoms with van der Waals surface area (Å²) in [6.07, 6.45) is 0.0771. The van der Waals surface area contributed by atoms with E-state index in [2.05, 4.69) is 15.5 Å². The molecule has 1 aromatic rings. The molecule has 1 radical (unpaired) electrons. The highest BCUT2D eigenvalue weighted by atomic mass is 16.5. The van der Waals surface area contributed by atoms with Gasteiger partial charge in [-0.05, 0) is 30.2 Å². The van der Waals surface area contributed by atoms with Crippen LogP contribution in [0.5, 0.6) is 5.75 Å². The molecule has 5 heteroatoms. The van der Waals surface area contributed by atoms with Crippen LogP contribution in [0.1, 0.15) is 5.56 Å². The Balaban J connectivity index is 2.86. The Hall–Kier alpha value is -2.04. The van der Waals surface area contributed by atoms with E-state index in [1.54, 1.807) is 0 Å². The van der Waals surface area contributed by atoms with Gasteiger partial charge in [0.25, 0.3) is 0 Å². The first-order valence-corrected chi connectivity index (χ1v) is 4.93. The van der Waals surface area contributed by atoms with Crippen molar-refractivity contribution in [3.05, 3.63) is 29.8 Å². The molecule has 0 saturated carbocycles. The summed E-state index contributed by atoms with van der Waals surface area (Å²) in [4.78, 5) is 22.8. The molecule has 17 heavy (non-hydrogen) atoms. The molecule has 1 rings (SSSR count). The minimum Gasteiger partial charge on any atom is -0.508 e. The van der Waals surface area contributed by atoms with Gasteiger partial charge in [-0.25, -0.2) is 0 Å². The lowest BCUT2D eigenvalue weighted by atomic mass is 9.99. The molecule has 0 aliphatic carbocycles. The van der Waals surface area contributed by atoms with Gasteiger partial charge in [0.05, 0.1) is 14.2 Å². The second-order valence-electron chi connectivity index (χ2n) is 3.38. The molecular weight excluding hydrogens is 224 g/mol. The zero-order chi connectivity index (χ0) is 12.8. The second kappa shape index (κ2) is 5.89. The molecule has 0 heterocycles. The number of phenols is 1. The molecular formula is C12H13O5. The van der Waals surface area contributed by atoms with Gasteiger partial charge in [-0.1, -0.05) is 6.07 Å². The lowest BCUT2D eigenvalue weighted by Gasteiger charge is -2.12. The molecule has 0 saturated heterocycles. The summed E-state index contributed by atoms with van der Waals surface area (Å²) in [5, 5.41) is 9.27. The van der Waals surface area contributed by atoms with E-state index in [4.69, 9.17) is 0 Å². The Morgan fingerprint density at radius 3 is 2.41 bits per heavy atom. The lowest BCUT2D eigenvalue weighted by molar-refractivity contribution is -0.158. The number of benzene rings is 1. The summed E-state index contributed by atoms with van der Waals surface area (Å²) < 4.78 is 9.04. The predicted molar refractivity (Wildman–Crippen MR) is 58.2 cm³/mol. The zero-order valence-electron chi connectivity index (χ0n) is 9.60. The van der Waals surface area contributed by atoms with E-state index in [-0.39, 0.29) is 12.2 Å². The van der Waals surface area contributed by atoms with Crippen molar-refractivity contribution in [3.8, 4) is 5.75 Å². The van der Waals surface area contributed by atoms with Gasteiger partial charge in [-0.3, -0.25) is 9.59 Å². The smallest absolute Gasteiger partial charge is 0.320 e. The third-order valence-corrected chi connectivity index (χ3v) is 2.24. The number of rotatable bonds is 4. The normalized spacial score (nSPS) is 10.1. The van der Waals surface area contributed by atoms with Crippen LogP contribution in [0, 0.1) is 12.0 Å². The third-order valence-electron chi connectivity index (χ3n) is 2.24. The molecule has 91 valence electrons. The summed E-state index contributed by atoms with van der Waals surface area (Å²) in [7, 11) is 2.40. The van der Waals surface area contributed by atoms with Crippen LogP contribution in [0.2, 0.25) is 0 Å². The quantitative estimate of drug-likeness (QED) is 0.616. The first-order chi connectivity index (χ1) is 8.08. The van der Waals surface area contributed by atoms with Crippen LogP contribution >= 0.6 is 0 Å². The monoisotopic (exact) mass is 237 g/mol. The number of hydrogen-bond donors (Lipinski definition) is 1. The summed E-state index contributed by atoms with van der Waals surface area (Å²) in [6, 6.07) is 7.21. The molecule has 0 spiro atoms. The number of esters is 2. The Morgan fingerprint density at radius 1 is 1.35 bits per heavy atom. The highest BCUT2D eigenvalue weighted by Crippen LogP contribution is 2.16. The van der Waals surface area contributed by atoms with Crippen LogP contribution in [0.4, 0.5) is 0 Å². The molecule has 0 unspecified atom stereocenters. The number of carbonyl (C=O) groups excluding carboxylic acids is 2. The molecule has 0 aliphatic heterocycles. The van der Waals surface area contributed by atoms with Gasteiger partial charge in [-0.2, -0.15) is 0 Å². The fourth-order valence-corrected chi connectivity index (χ4v) is 1.39. The summed E-state index contributed by atoms with van der Waals surface area (Å²) >= 11 is 0. The Bertz CT molecular complexity index is 397. The van der Waals surface area contributed by atoms with E-state index in [0.29, 0.717) is 5.56 Å². The van der Waals surface area contributed by atoms with Crippen LogP contribution in [-0.4, -0.2) is 31.3 Å². The summed E-state index contributed by atoms with van der Waals surface area (Å²) in [5.41, 5.74) is 0.533. The maximum atomic E-state index is 11.4. The van der Waals surface area contributed by atoms with Gasteiger partial charge in [0.2, 0.25) is 0 Å². The highest BCUT2D eigenvalue weighted by molar-refractivity contribution is 5.95. The van der Waals surface area contributed by atoms with Crippen molar-refractivity contribution >= 4 is 11.9 Å². The Kier molecular flexibility index (Phi) is 4.51. The molecule has 0 amide bonds. The van der Waals surface area contributed by atoms with Crippen LogP contribution in [0.3, 0.4) is 0 Å². The lowest BCUT2D eigenvalue weighted by Crippen LogP contribution is -2.28. The molecule has 5 nitrogen and oxygen atoms in total. The summed E-state index contributed by atoms with van der Waals surface area (Å²) in [6.45, 7) is 0. The summed E-state index contributed by atoms with van der Waals surface area (Å²) in [5.74, 6) is -2.34. The van der Waals surface area contributed by atoms with Crippen molar-refractivity contribution < 1.29 is 24.2 Å². The number of aromatic hydroxyl groups is 1. The fourth-order valence-electron chi connectivity index (χ4n) is 1.39. The number of carbonyl (C=O) groups is 2. The number of ether oxygens (including phenoxy) is 2. The third kappa shape index (κ3) is 3.48. The van der Waals surface area contributed by atoms with Gasteiger partial charge in [0.15, 0.2) is 5.92 Å². The van der Waals surface area contributed by atoms with Gasteiger partial charge in [-0.15, -0.1) is 0 Å². The zero-order valence-corrected chi connectivity index (χ0v) is 9.60. The van der Waals surface area contributed by atoms with Gasteiger partial charge >= 0.3 is 11.9 Å². The SMILES string of the molecule is COC(=O)C(Cc1[c]ccc(O)c1)C(=O)OC. The molecule has 1 N–H and O–H groups in total. The number of methoxy groups -OCH3 is 2. The van der Waals surface area contributed by atoms with Crippen molar-refractivity contribution in [1.29, 1.82) is 0 Å². The van der Waals surface area contributed by atoms with Gasteiger partial charge < -0.3 is 14.6 Å². The molecule has 0 atom stereocenters. The van der Waals surface area contributed by atoms with Crippen LogP contribution < -0.4 is 0 Å². The number of hydrogen-bond acceptors (Lipinski definition) is 5. The van der Waals surface area contributed by atoms with Crippen molar-refractivity contribution in [2.45, 2.75) is 6.42 Å². The predicted octanol–water partition coefficient (Wildman–Crippen LogP) is 0.697. The van der Waals surface area contributed by atoms with Crippen LogP contribution in [0.15, 0.2) is 18.2 Å². The molecule has 1 aromatic carbocycles. The maximum Gasteiger partial charge on any atom is 0.320 e. The minimum atomic E-state index is -1.04. The molecule has 0 bridgehead atoms. The second-order valence-corrected chi connectivity index (χ2v) is 3.38. The standard InChI is InChI=1S/C12H13O5/c1-16-11(14)10(12(15)17-2)7-8-4-3-5-9(13)6-8/h3,5-6,10,13H,7H2,1-2H3. The highest BCUT2D eigenvalue weighted by Gasteiger charge is 2.28. The first kappa shape index (κ1) is 13.0. The Labute approximate surface area is 99.0 Å². The maximum absolute atomic E-state index is 11.4. The topological polar surface area (TPSA) is 72.8 Å². The number of phenolic OH excluding ortho intramolecular Hbond substituents is 1. The largest absolute Gasteiger partial charge is 0.508 e. The van der Waals surface area contributed by atoms with E-state index in [1.165, 1.54) is 32.4 Å². The fraction of sp³-hybridized carbons (Fsp3) is 0.333. The molecule has 0 aliphatic rings.